The molecule has 0 bridgehead atoms. The molecule has 0 unspecified atom stereocenters. The van der Waals surface area contributed by atoms with E-state index in [1.54, 1.807) is 41.4 Å². The summed E-state index contributed by atoms with van der Waals surface area (Å²) in [6, 6.07) is 6.89. The monoisotopic (exact) mass is 372 g/mol. The van der Waals surface area contributed by atoms with Crippen LogP contribution in [0.5, 0.6) is 0 Å². The van der Waals surface area contributed by atoms with Gasteiger partial charge in [-0.15, -0.1) is 11.8 Å². The van der Waals surface area contributed by atoms with Crippen molar-refractivity contribution in [2.24, 2.45) is 0 Å². The fourth-order valence-corrected chi connectivity index (χ4v) is 3.58. The highest BCUT2D eigenvalue weighted by Crippen LogP contribution is 2.20. The Morgan fingerprint density at radius 2 is 1.96 bits per heavy atom. The molecule has 3 rings (SSSR count). The summed E-state index contributed by atoms with van der Waals surface area (Å²) >= 11 is 1.56. The zero-order valence-electron chi connectivity index (χ0n) is 14.8. The van der Waals surface area contributed by atoms with Gasteiger partial charge in [-0.3, -0.25) is 9.59 Å². The zero-order valence-corrected chi connectivity index (χ0v) is 15.6. The topological polar surface area (TPSA) is 67.4 Å². The van der Waals surface area contributed by atoms with Gasteiger partial charge in [0.1, 0.15) is 0 Å². The van der Waals surface area contributed by atoms with E-state index in [1.807, 2.05) is 0 Å². The number of nitrogens with one attached hydrogen (secondary N) is 2. The first kappa shape index (κ1) is 18.6. The van der Waals surface area contributed by atoms with E-state index in [-0.39, 0.29) is 11.8 Å². The average Bonchev–Trinajstić information content (AvgIpc) is 2.70. The van der Waals surface area contributed by atoms with Crippen molar-refractivity contribution in [1.82, 2.24) is 5.32 Å². The van der Waals surface area contributed by atoms with Gasteiger partial charge in [-0.2, -0.15) is 0 Å². The fourth-order valence-electron chi connectivity index (χ4n) is 2.96. The molecule has 0 spiro atoms. The second-order valence-corrected chi connectivity index (χ2v) is 7.32. The molecule has 0 atom stereocenters. The van der Waals surface area contributed by atoms with Crippen molar-refractivity contribution < 1.29 is 14.3 Å². The second-order valence-electron chi connectivity index (χ2n) is 6.35. The van der Waals surface area contributed by atoms with Crippen LogP contribution in [0.2, 0.25) is 0 Å². The second kappa shape index (κ2) is 9.48. The molecule has 0 saturated carbocycles. The Hall–Kier alpha value is -2.21. The van der Waals surface area contributed by atoms with Gasteiger partial charge in [-0.25, -0.2) is 0 Å². The number of thioether (sulfide) groups is 1. The largest absolute Gasteiger partial charge is 0.487 e. The van der Waals surface area contributed by atoms with Crippen molar-refractivity contribution in [3.63, 3.8) is 0 Å². The van der Waals surface area contributed by atoms with E-state index in [2.05, 4.69) is 16.7 Å². The molecule has 1 heterocycles. The van der Waals surface area contributed by atoms with Crippen LogP contribution < -0.4 is 10.6 Å². The molecular weight excluding hydrogens is 348 g/mol. The molecule has 0 fully saturated rings. The molecule has 1 aromatic carbocycles. The molecule has 138 valence electrons. The summed E-state index contributed by atoms with van der Waals surface area (Å²) in [5, 5.41) is 7.46. The lowest BCUT2D eigenvalue weighted by atomic mass is 9.97. The van der Waals surface area contributed by atoms with Crippen LogP contribution in [0.3, 0.4) is 0 Å². The van der Waals surface area contributed by atoms with E-state index in [4.69, 9.17) is 4.74 Å². The van der Waals surface area contributed by atoms with Crippen molar-refractivity contribution in [3.8, 4) is 0 Å². The predicted molar refractivity (Wildman–Crippen MR) is 105 cm³/mol. The van der Waals surface area contributed by atoms with E-state index < -0.39 is 0 Å². The number of carbonyl (C=O) groups excluding carboxylic acids is 2. The molecular formula is C20H24N2O3S. The van der Waals surface area contributed by atoms with Gasteiger partial charge in [-0.05, 0) is 56.4 Å². The van der Waals surface area contributed by atoms with Crippen molar-refractivity contribution in [2.45, 2.75) is 32.1 Å². The lowest BCUT2D eigenvalue weighted by molar-refractivity contribution is -0.116. The third kappa shape index (κ3) is 5.39. The SMILES string of the molecule is O=C(Nc1ccc(C(=O)NCCC2=CCCCC2)cc1)C1=CSCCO1. The van der Waals surface area contributed by atoms with E-state index in [0.29, 0.717) is 30.2 Å². The third-order valence-corrected chi connectivity index (χ3v) is 5.18. The lowest BCUT2D eigenvalue weighted by Gasteiger charge is -2.14. The number of rotatable bonds is 6. The summed E-state index contributed by atoms with van der Waals surface area (Å²) in [5.74, 6) is 0.835. The van der Waals surface area contributed by atoms with E-state index in [0.717, 1.165) is 25.0 Å². The number of benzene rings is 1. The van der Waals surface area contributed by atoms with Gasteiger partial charge in [0.15, 0.2) is 5.76 Å². The normalized spacial score (nSPS) is 16.8. The van der Waals surface area contributed by atoms with Crippen LogP contribution in [0, 0.1) is 0 Å². The maximum atomic E-state index is 12.2. The number of hydrogen-bond donors (Lipinski definition) is 2. The van der Waals surface area contributed by atoms with Gasteiger partial charge in [0, 0.05) is 29.0 Å². The molecule has 1 aliphatic heterocycles. The van der Waals surface area contributed by atoms with Crippen molar-refractivity contribution in [2.75, 3.05) is 24.2 Å². The van der Waals surface area contributed by atoms with Gasteiger partial charge in [-0.1, -0.05) is 11.6 Å². The standard InChI is InChI=1S/C20H24N2O3S/c23-19(21-11-10-15-4-2-1-3-5-15)16-6-8-17(9-7-16)22-20(24)18-14-26-13-12-25-18/h4,6-9,14H,1-3,5,10-13H2,(H,21,23)(H,22,24). The summed E-state index contributed by atoms with van der Waals surface area (Å²) in [7, 11) is 0. The van der Waals surface area contributed by atoms with Gasteiger partial charge in [0.25, 0.3) is 11.8 Å². The molecule has 0 aromatic heterocycles. The smallest absolute Gasteiger partial charge is 0.291 e. The fraction of sp³-hybridized carbons (Fsp3) is 0.400. The van der Waals surface area contributed by atoms with Crippen LogP contribution in [0.1, 0.15) is 42.5 Å². The number of hydrogen-bond acceptors (Lipinski definition) is 4. The van der Waals surface area contributed by atoms with E-state index in [1.165, 1.54) is 18.4 Å². The first-order valence-electron chi connectivity index (χ1n) is 9.04. The highest BCUT2D eigenvalue weighted by molar-refractivity contribution is 8.02. The Morgan fingerprint density at radius 1 is 1.12 bits per heavy atom. The Bertz CT molecular complexity index is 710. The van der Waals surface area contributed by atoms with Crippen LogP contribution in [0.4, 0.5) is 5.69 Å². The minimum atomic E-state index is -0.268. The van der Waals surface area contributed by atoms with Crippen molar-refractivity contribution >= 4 is 29.3 Å². The molecule has 0 saturated heterocycles. The zero-order chi connectivity index (χ0) is 18.2. The quantitative estimate of drug-likeness (QED) is 0.745. The Balaban J connectivity index is 1.47. The first-order chi connectivity index (χ1) is 12.7. The Kier molecular flexibility index (Phi) is 6.77. The van der Waals surface area contributed by atoms with Crippen LogP contribution in [0.15, 0.2) is 47.1 Å². The number of allylic oxidation sites excluding steroid dienone is 1. The summed E-state index contributed by atoms with van der Waals surface area (Å²) in [6.45, 7) is 1.20. The molecule has 2 aliphatic rings. The van der Waals surface area contributed by atoms with Gasteiger partial charge < -0.3 is 15.4 Å². The summed E-state index contributed by atoms with van der Waals surface area (Å²) in [5.41, 5.74) is 2.68. The Labute approximate surface area is 158 Å². The molecule has 2 amide bonds. The molecule has 2 N–H and O–H groups in total. The van der Waals surface area contributed by atoms with Crippen LogP contribution in [-0.2, 0) is 9.53 Å². The first-order valence-corrected chi connectivity index (χ1v) is 10.1. The molecule has 0 radical (unpaired) electrons. The number of ether oxygens (including phenoxy) is 1. The summed E-state index contributed by atoms with van der Waals surface area (Å²) in [4.78, 5) is 24.3. The van der Waals surface area contributed by atoms with Crippen molar-refractivity contribution in [1.29, 1.82) is 0 Å². The van der Waals surface area contributed by atoms with Gasteiger partial charge in [0.05, 0.1) is 6.61 Å². The van der Waals surface area contributed by atoms with Crippen LogP contribution >= 0.6 is 11.8 Å². The molecule has 1 aliphatic carbocycles. The number of amides is 2. The van der Waals surface area contributed by atoms with E-state index >= 15 is 0 Å². The number of carbonyl (C=O) groups is 2. The minimum absolute atomic E-state index is 0.0889. The summed E-state index contributed by atoms with van der Waals surface area (Å²) < 4.78 is 5.33. The van der Waals surface area contributed by atoms with Crippen LogP contribution in [0.25, 0.3) is 0 Å². The Morgan fingerprint density at radius 3 is 2.65 bits per heavy atom. The van der Waals surface area contributed by atoms with Crippen LogP contribution in [-0.4, -0.2) is 30.7 Å². The van der Waals surface area contributed by atoms with Gasteiger partial charge in [0.2, 0.25) is 0 Å². The summed E-state index contributed by atoms with van der Waals surface area (Å²) in [6.07, 6.45) is 8.08. The molecule has 1 aromatic rings. The highest BCUT2D eigenvalue weighted by atomic mass is 32.2. The van der Waals surface area contributed by atoms with E-state index in [9.17, 15) is 9.59 Å². The van der Waals surface area contributed by atoms with Crippen molar-refractivity contribution in [3.05, 3.63) is 52.6 Å². The number of anilines is 1. The maximum absolute atomic E-state index is 12.2. The molecule has 26 heavy (non-hydrogen) atoms. The average molecular weight is 372 g/mol. The minimum Gasteiger partial charge on any atom is -0.487 e. The molecule has 6 heteroatoms. The highest BCUT2D eigenvalue weighted by Gasteiger charge is 2.14. The molecule has 5 nitrogen and oxygen atoms in total. The van der Waals surface area contributed by atoms with Gasteiger partial charge >= 0.3 is 0 Å². The lowest BCUT2D eigenvalue weighted by Crippen LogP contribution is -2.25. The third-order valence-electron chi connectivity index (χ3n) is 4.39. The maximum Gasteiger partial charge on any atom is 0.291 e. The predicted octanol–water partition coefficient (Wildman–Crippen LogP) is 3.85.